The summed E-state index contributed by atoms with van der Waals surface area (Å²) in [5, 5.41) is 10.5. The smallest absolute Gasteiger partial charge is 0.285 e. The molecule has 0 unspecified atom stereocenters. The van der Waals surface area contributed by atoms with Gasteiger partial charge in [-0.25, -0.2) is 13.9 Å². The van der Waals surface area contributed by atoms with E-state index in [2.05, 4.69) is 15.3 Å². The Morgan fingerprint density at radius 2 is 2.06 bits per heavy atom. The largest absolute Gasteiger partial charge is 0.364 e. The van der Waals surface area contributed by atoms with Crippen molar-refractivity contribution in [2.24, 2.45) is 5.73 Å². The molecule has 0 bridgehead atoms. The minimum absolute atomic E-state index is 0.00827. The summed E-state index contributed by atoms with van der Waals surface area (Å²) in [6.45, 7) is 4.20. The van der Waals surface area contributed by atoms with E-state index in [1.807, 2.05) is 4.90 Å². The van der Waals surface area contributed by atoms with Crippen LogP contribution >= 0.6 is 11.6 Å². The topological polar surface area (TPSA) is 110 Å². The number of halogens is 3. The molecular weight excluding hydrogens is 442 g/mol. The molecule has 4 rings (SSSR count). The van der Waals surface area contributed by atoms with Gasteiger partial charge in [0.2, 0.25) is 0 Å². The number of nitrogens with zero attached hydrogens (tertiary/aromatic N) is 4. The van der Waals surface area contributed by atoms with E-state index in [9.17, 15) is 18.4 Å². The molecule has 8 nitrogen and oxygen atoms in total. The number of H-pyrrole nitrogens is 1. The van der Waals surface area contributed by atoms with Crippen molar-refractivity contribution < 1.29 is 13.6 Å². The minimum atomic E-state index is -2.64. The maximum Gasteiger partial charge on any atom is 0.285 e. The highest BCUT2D eigenvalue weighted by Crippen LogP contribution is 2.34. The first-order chi connectivity index (χ1) is 15.2. The van der Waals surface area contributed by atoms with Gasteiger partial charge >= 0.3 is 0 Å². The molecule has 1 atom stereocenters. The normalized spacial score (nSPS) is 14.5. The number of benzene rings is 1. The quantitative estimate of drug-likeness (QED) is 0.605. The van der Waals surface area contributed by atoms with E-state index in [1.165, 1.54) is 12.3 Å². The number of nitrogens with one attached hydrogen (secondary N) is 1. The number of hydrogen-bond donors (Lipinski definition) is 2. The number of primary amides is 1. The third-order valence-corrected chi connectivity index (χ3v) is 6.10. The van der Waals surface area contributed by atoms with Crippen LogP contribution in [0.25, 0.3) is 0 Å². The Kier molecular flexibility index (Phi) is 5.72. The van der Waals surface area contributed by atoms with E-state index >= 15 is 0 Å². The van der Waals surface area contributed by atoms with Crippen molar-refractivity contribution >= 4 is 23.2 Å². The molecule has 1 amide bonds. The number of carbonyl (C=O) groups excluding carboxylic acids is 1. The number of amides is 1. The van der Waals surface area contributed by atoms with Crippen LogP contribution in [-0.4, -0.2) is 32.4 Å². The van der Waals surface area contributed by atoms with E-state index < -0.39 is 23.9 Å². The van der Waals surface area contributed by atoms with Gasteiger partial charge in [0.15, 0.2) is 5.69 Å². The molecule has 0 spiro atoms. The summed E-state index contributed by atoms with van der Waals surface area (Å²) in [7, 11) is 0. The predicted molar refractivity (Wildman–Crippen MR) is 115 cm³/mol. The highest BCUT2D eigenvalue weighted by atomic mass is 35.5. The molecule has 0 aliphatic carbocycles. The van der Waals surface area contributed by atoms with Gasteiger partial charge in [-0.15, -0.1) is 0 Å². The van der Waals surface area contributed by atoms with Crippen molar-refractivity contribution in [3.63, 3.8) is 0 Å². The van der Waals surface area contributed by atoms with Crippen molar-refractivity contribution in [1.29, 1.82) is 0 Å². The molecule has 11 heteroatoms. The number of rotatable bonds is 5. The number of aromatic nitrogens is 4. The number of hydrogen-bond acceptors (Lipinski definition) is 5. The maximum absolute atomic E-state index is 13.7. The monoisotopic (exact) mass is 462 g/mol. The third kappa shape index (κ3) is 3.75. The van der Waals surface area contributed by atoms with Gasteiger partial charge in [0.05, 0.1) is 17.9 Å². The lowest BCUT2D eigenvalue weighted by Crippen LogP contribution is -2.33. The van der Waals surface area contributed by atoms with E-state index in [4.69, 9.17) is 17.3 Å². The number of aromatic amines is 1. The highest BCUT2D eigenvalue weighted by Gasteiger charge is 2.31. The zero-order valence-corrected chi connectivity index (χ0v) is 18.2. The van der Waals surface area contributed by atoms with Gasteiger partial charge in [-0.05, 0) is 19.4 Å². The molecular formula is C21H21ClF2N6O2. The molecule has 1 aliphatic heterocycles. The lowest BCUT2D eigenvalue weighted by atomic mass is 9.98. The second kappa shape index (κ2) is 8.34. The van der Waals surface area contributed by atoms with E-state index in [-0.39, 0.29) is 22.8 Å². The Bertz CT molecular complexity index is 1260. The Balaban J connectivity index is 1.78. The Morgan fingerprint density at radius 3 is 2.75 bits per heavy atom. The van der Waals surface area contributed by atoms with E-state index in [1.54, 1.807) is 30.7 Å². The van der Waals surface area contributed by atoms with Crippen LogP contribution in [0.2, 0.25) is 5.02 Å². The lowest BCUT2D eigenvalue weighted by molar-refractivity contribution is 0.0993. The summed E-state index contributed by atoms with van der Waals surface area (Å²) in [6, 6.07) is 4.35. The van der Waals surface area contributed by atoms with Crippen molar-refractivity contribution in [3.05, 3.63) is 73.4 Å². The van der Waals surface area contributed by atoms with Crippen LogP contribution < -0.4 is 16.2 Å². The SMILES string of the molecule is Cc1ccc([C@@H](C)n2nc(C(N)=O)c3c2CCN(c2cn[nH]c(=O)c2Cl)C3)c(C(F)F)c1. The van der Waals surface area contributed by atoms with Gasteiger partial charge in [-0.2, -0.15) is 10.2 Å². The van der Waals surface area contributed by atoms with Crippen molar-refractivity contribution in [2.45, 2.75) is 39.3 Å². The number of aryl methyl sites for hydroxylation is 1. The summed E-state index contributed by atoms with van der Waals surface area (Å²) in [5.74, 6) is -0.720. The van der Waals surface area contributed by atoms with Crippen LogP contribution in [0.5, 0.6) is 0 Å². The van der Waals surface area contributed by atoms with E-state index in [0.29, 0.717) is 29.8 Å². The van der Waals surface area contributed by atoms with Crippen LogP contribution in [0, 0.1) is 6.92 Å². The van der Waals surface area contributed by atoms with Crippen molar-refractivity contribution in [2.75, 3.05) is 11.4 Å². The first-order valence-corrected chi connectivity index (χ1v) is 10.3. The lowest BCUT2D eigenvalue weighted by Gasteiger charge is -2.30. The van der Waals surface area contributed by atoms with Crippen LogP contribution in [0.4, 0.5) is 14.5 Å². The zero-order valence-electron chi connectivity index (χ0n) is 17.4. The van der Waals surface area contributed by atoms with Crippen molar-refractivity contribution in [3.8, 4) is 0 Å². The Morgan fingerprint density at radius 1 is 1.31 bits per heavy atom. The summed E-state index contributed by atoms with van der Waals surface area (Å²) >= 11 is 6.14. The Labute approximate surface area is 187 Å². The fraction of sp³-hybridized carbons (Fsp3) is 0.333. The molecule has 0 fully saturated rings. The number of nitrogens with two attached hydrogens (primary N) is 1. The van der Waals surface area contributed by atoms with Gasteiger partial charge in [0.1, 0.15) is 5.02 Å². The first-order valence-electron chi connectivity index (χ1n) is 9.95. The number of fused-ring (bicyclic) bond motifs is 1. The fourth-order valence-electron chi connectivity index (χ4n) is 4.16. The van der Waals surface area contributed by atoms with Crippen LogP contribution in [-0.2, 0) is 13.0 Å². The summed E-state index contributed by atoms with van der Waals surface area (Å²) in [4.78, 5) is 25.8. The van der Waals surface area contributed by atoms with Gasteiger partial charge < -0.3 is 10.6 Å². The van der Waals surface area contributed by atoms with Crippen LogP contribution in [0.1, 0.15) is 57.8 Å². The predicted octanol–water partition coefficient (Wildman–Crippen LogP) is 3.14. The second-order valence-corrected chi connectivity index (χ2v) is 8.14. The molecule has 32 heavy (non-hydrogen) atoms. The molecule has 3 N–H and O–H groups in total. The number of alkyl halides is 2. The van der Waals surface area contributed by atoms with Gasteiger partial charge in [0, 0.05) is 36.3 Å². The van der Waals surface area contributed by atoms with E-state index in [0.717, 1.165) is 11.3 Å². The molecule has 0 saturated heterocycles. The van der Waals surface area contributed by atoms with Crippen LogP contribution in [0.3, 0.4) is 0 Å². The molecule has 168 valence electrons. The van der Waals surface area contributed by atoms with Crippen molar-refractivity contribution in [1.82, 2.24) is 20.0 Å². The maximum atomic E-state index is 13.7. The molecule has 2 aromatic heterocycles. The average Bonchev–Trinajstić information content (AvgIpc) is 3.14. The minimum Gasteiger partial charge on any atom is -0.364 e. The molecule has 3 heterocycles. The fourth-order valence-corrected chi connectivity index (χ4v) is 4.37. The van der Waals surface area contributed by atoms with Crippen LogP contribution in [0.15, 0.2) is 29.2 Å². The molecule has 0 radical (unpaired) electrons. The number of carbonyl (C=O) groups is 1. The average molecular weight is 463 g/mol. The number of anilines is 1. The molecule has 3 aromatic rings. The summed E-state index contributed by atoms with van der Waals surface area (Å²) in [6.07, 6.45) is -0.762. The van der Waals surface area contributed by atoms with Gasteiger partial charge in [-0.1, -0.05) is 35.4 Å². The molecule has 1 aromatic carbocycles. The van der Waals surface area contributed by atoms with Gasteiger partial charge in [-0.3, -0.25) is 14.3 Å². The summed E-state index contributed by atoms with van der Waals surface area (Å²) < 4.78 is 29.0. The standard InChI is InChI=1S/C21H21ClF2N6O2/c1-10-3-4-12(13(7-10)19(23)24)11(2)30-15-5-6-29(9-14(15)18(28-30)20(25)31)16-8-26-27-21(32)17(16)22/h3-4,7-8,11,19H,5-6,9H2,1-2H3,(H2,25,31)(H,27,32)/t11-/m1/s1. The molecule has 0 saturated carbocycles. The highest BCUT2D eigenvalue weighted by molar-refractivity contribution is 6.33. The summed E-state index contributed by atoms with van der Waals surface area (Å²) in [5.41, 5.74) is 7.96. The van der Waals surface area contributed by atoms with Gasteiger partial charge in [0.25, 0.3) is 17.9 Å². The Hall–Kier alpha value is -3.27. The molecule has 1 aliphatic rings. The second-order valence-electron chi connectivity index (χ2n) is 7.76. The third-order valence-electron chi connectivity index (χ3n) is 5.73. The first kappa shape index (κ1) is 21.9. The zero-order chi connectivity index (χ0) is 23.2.